The van der Waals surface area contributed by atoms with Gasteiger partial charge in [0.1, 0.15) is 23.8 Å². The number of aromatic nitrogens is 3. The van der Waals surface area contributed by atoms with Crippen LogP contribution < -0.4 is 15.4 Å². The van der Waals surface area contributed by atoms with Crippen LogP contribution in [0.15, 0.2) is 12.1 Å². The van der Waals surface area contributed by atoms with E-state index in [-0.39, 0.29) is 38.9 Å². The molecule has 0 atom stereocenters. The number of nitrogens with zero attached hydrogens (tertiary/aromatic N) is 7. The molecule has 0 unspecified atom stereocenters. The second-order valence-electron chi connectivity index (χ2n) is 11.1. The number of aryl methyl sites for hydroxylation is 1. The Morgan fingerprint density at radius 3 is 2.40 bits per heavy atom. The van der Waals surface area contributed by atoms with Gasteiger partial charge in [0, 0.05) is 31.6 Å². The van der Waals surface area contributed by atoms with Gasteiger partial charge in [-0.15, -0.1) is 0 Å². The fourth-order valence-electron chi connectivity index (χ4n) is 6.60. The first-order valence-corrected chi connectivity index (χ1v) is 14.2. The minimum atomic E-state index is -4.84. The molecule has 222 valence electrons. The topological polar surface area (TPSA) is 107 Å². The number of anilines is 2. The summed E-state index contributed by atoms with van der Waals surface area (Å²) in [5.74, 6) is -0.947. The Labute approximate surface area is 244 Å². The molecule has 2 aromatic heterocycles. The zero-order valence-corrected chi connectivity index (χ0v) is 23.7. The third-order valence-electron chi connectivity index (χ3n) is 8.60. The van der Waals surface area contributed by atoms with Crippen molar-refractivity contribution in [1.82, 2.24) is 24.8 Å². The number of halogens is 5. The molecule has 3 aliphatic heterocycles. The highest BCUT2D eigenvalue weighted by Gasteiger charge is 2.45. The predicted molar refractivity (Wildman–Crippen MR) is 150 cm³/mol. The van der Waals surface area contributed by atoms with Gasteiger partial charge in [0.05, 0.1) is 27.4 Å². The normalized spacial score (nSPS) is 18.9. The smallest absolute Gasteiger partial charge is 0.418 e. The highest BCUT2D eigenvalue weighted by atomic mass is 35.5. The van der Waals surface area contributed by atoms with E-state index in [0.29, 0.717) is 38.6 Å². The second kappa shape index (κ2) is 10.6. The lowest BCUT2D eigenvalue weighted by molar-refractivity contribution is -0.137. The van der Waals surface area contributed by atoms with Crippen molar-refractivity contribution in [2.75, 3.05) is 56.5 Å². The molecule has 5 heterocycles. The van der Waals surface area contributed by atoms with E-state index >= 15 is 4.39 Å². The van der Waals surface area contributed by atoms with Crippen LogP contribution in [0.4, 0.5) is 29.2 Å². The minimum Gasteiger partial charge on any atom is -0.461 e. The molecular formula is C28H29ClF4N8O. The number of hydrogen-bond acceptors (Lipinski definition) is 9. The van der Waals surface area contributed by atoms with E-state index in [4.69, 9.17) is 22.1 Å². The van der Waals surface area contributed by atoms with Gasteiger partial charge in [-0.3, -0.25) is 4.90 Å². The Bertz CT molecular complexity index is 1580. The van der Waals surface area contributed by atoms with Gasteiger partial charge in [-0.05, 0) is 63.4 Å². The molecule has 3 aromatic rings. The van der Waals surface area contributed by atoms with Gasteiger partial charge in [0.15, 0.2) is 12.0 Å². The van der Waals surface area contributed by atoms with E-state index in [1.807, 2.05) is 4.90 Å². The molecule has 1 aromatic carbocycles. The van der Waals surface area contributed by atoms with Gasteiger partial charge < -0.3 is 20.3 Å². The molecular weight excluding hydrogens is 576 g/mol. The molecule has 0 saturated carbocycles. The molecule has 3 saturated heterocycles. The molecule has 0 bridgehead atoms. The number of rotatable bonds is 5. The monoisotopic (exact) mass is 604 g/mol. The van der Waals surface area contributed by atoms with Crippen LogP contribution in [-0.2, 0) is 6.18 Å². The molecule has 0 radical (unpaired) electrons. The molecule has 0 aliphatic carbocycles. The first-order chi connectivity index (χ1) is 20.0. The lowest BCUT2D eigenvalue weighted by Crippen LogP contribution is -2.45. The van der Waals surface area contributed by atoms with Crippen LogP contribution in [0.2, 0.25) is 5.02 Å². The van der Waals surface area contributed by atoms with E-state index < -0.39 is 28.8 Å². The summed E-state index contributed by atoms with van der Waals surface area (Å²) in [6.07, 6.45) is 1.33. The third kappa shape index (κ3) is 4.90. The van der Waals surface area contributed by atoms with Gasteiger partial charge >= 0.3 is 12.2 Å². The Morgan fingerprint density at radius 2 is 1.76 bits per heavy atom. The number of pyridine rings is 1. The predicted octanol–water partition coefficient (Wildman–Crippen LogP) is 5.00. The summed E-state index contributed by atoms with van der Waals surface area (Å²) in [6.45, 7) is 5.19. The summed E-state index contributed by atoms with van der Waals surface area (Å²) in [6, 6.07) is 2.37. The standard InChI is InChI=1S/C28H29ClF4N8O/c1-16-12-19(35)36-24(21(16)28(31,32)33)20-18(29)13-17-23(22(20)30)37-26(38-25(17)40-10-8-39(15-34)9-11-40)42-14-27-4-2-6-41(27)7-3-5-27/h12-13H,2-11,14H2,1H3,(H2,35,36). The number of nitriles is 1. The maximum absolute atomic E-state index is 16.5. The fraction of sp³-hybridized carbons (Fsp3) is 0.500. The summed E-state index contributed by atoms with van der Waals surface area (Å²) in [4.78, 5) is 18.8. The Kier molecular flexibility index (Phi) is 7.17. The van der Waals surface area contributed by atoms with E-state index in [9.17, 15) is 18.4 Å². The Balaban J connectivity index is 1.50. The van der Waals surface area contributed by atoms with Crippen molar-refractivity contribution in [3.8, 4) is 23.5 Å². The zero-order valence-electron chi connectivity index (χ0n) is 22.9. The van der Waals surface area contributed by atoms with Crippen LogP contribution in [0, 0.1) is 24.2 Å². The quantitative estimate of drug-likeness (QED) is 0.318. The van der Waals surface area contributed by atoms with Crippen LogP contribution in [0.5, 0.6) is 6.01 Å². The number of fused-ring (bicyclic) bond motifs is 2. The van der Waals surface area contributed by atoms with Gasteiger partial charge in [-0.2, -0.15) is 28.4 Å². The van der Waals surface area contributed by atoms with Crippen molar-refractivity contribution in [2.45, 2.75) is 44.3 Å². The fourth-order valence-corrected chi connectivity index (χ4v) is 6.88. The zero-order chi connectivity index (χ0) is 29.8. The van der Waals surface area contributed by atoms with Crippen molar-refractivity contribution in [3.63, 3.8) is 0 Å². The maximum atomic E-state index is 16.5. The molecule has 3 fully saturated rings. The highest BCUT2D eigenvalue weighted by Crippen LogP contribution is 2.45. The van der Waals surface area contributed by atoms with Crippen LogP contribution in [0.1, 0.15) is 36.8 Å². The number of alkyl halides is 3. The molecule has 0 amide bonds. The molecule has 3 aliphatic rings. The maximum Gasteiger partial charge on any atom is 0.418 e. The van der Waals surface area contributed by atoms with Crippen LogP contribution in [-0.4, -0.2) is 76.2 Å². The average Bonchev–Trinajstić information content (AvgIpc) is 3.51. The van der Waals surface area contributed by atoms with E-state index in [1.54, 1.807) is 4.90 Å². The largest absolute Gasteiger partial charge is 0.461 e. The number of hydrogen-bond donors (Lipinski definition) is 1. The van der Waals surface area contributed by atoms with Gasteiger partial charge in [-0.25, -0.2) is 9.37 Å². The number of benzene rings is 1. The van der Waals surface area contributed by atoms with Crippen LogP contribution in [0.3, 0.4) is 0 Å². The second-order valence-corrected chi connectivity index (χ2v) is 11.5. The first-order valence-electron chi connectivity index (χ1n) is 13.8. The van der Waals surface area contributed by atoms with Crippen LogP contribution in [0.25, 0.3) is 22.2 Å². The number of nitrogen functional groups attached to an aromatic ring is 1. The Morgan fingerprint density at radius 1 is 1.07 bits per heavy atom. The minimum absolute atomic E-state index is 0.0757. The summed E-state index contributed by atoms with van der Waals surface area (Å²) >= 11 is 6.52. The van der Waals surface area contributed by atoms with E-state index in [0.717, 1.165) is 44.8 Å². The average molecular weight is 605 g/mol. The molecule has 9 nitrogen and oxygen atoms in total. The van der Waals surface area contributed by atoms with Gasteiger partial charge in [0.25, 0.3) is 0 Å². The lowest BCUT2D eigenvalue weighted by atomic mass is 9.95. The van der Waals surface area contributed by atoms with Crippen LogP contribution >= 0.6 is 11.6 Å². The highest BCUT2D eigenvalue weighted by molar-refractivity contribution is 6.34. The summed E-state index contributed by atoms with van der Waals surface area (Å²) in [5.41, 5.74) is 2.84. The van der Waals surface area contributed by atoms with Gasteiger partial charge in [0.2, 0.25) is 0 Å². The third-order valence-corrected chi connectivity index (χ3v) is 8.90. The van der Waals surface area contributed by atoms with E-state index in [2.05, 4.69) is 26.0 Å². The van der Waals surface area contributed by atoms with Crippen molar-refractivity contribution in [2.24, 2.45) is 0 Å². The first kappa shape index (κ1) is 28.5. The molecule has 6 rings (SSSR count). The number of nitrogens with two attached hydrogens (primary N) is 1. The molecule has 2 N–H and O–H groups in total. The van der Waals surface area contributed by atoms with Crippen molar-refractivity contribution >= 4 is 34.1 Å². The lowest BCUT2D eigenvalue weighted by Gasteiger charge is -2.33. The number of piperazine rings is 1. The van der Waals surface area contributed by atoms with Crippen molar-refractivity contribution in [3.05, 3.63) is 34.1 Å². The number of ether oxygens (including phenoxy) is 1. The molecule has 42 heavy (non-hydrogen) atoms. The summed E-state index contributed by atoms with van der Waals surface area (Å²) in [5, 5.41) is 9.22. The summed E-state index contributed by atoms with van der Waals surface area (Å²) < 4.78 is 65.1. The SMILES string of the molecule is Cc1cc(N)nc(-c2c(Cl)cc3c(N4CCN(C#N)CC4)nc(OCC45CCCN4CCC5)nc3c2F)c1C(F)(F)F. The van der Waals surface area contributed by atoms with E-state index in [1.165, 1.54) is 13.0 Å². The molecule has 0 spiro atoms. The summed E-state index contributed by atoms with van der Waals surface area (Å²) in [7, 11) is 0. The Hall–Kier alpha value is -3.63. The van der Waals surface area contributed by atoms with Crippen molar-refractivity contribution in [1.29, 1.82) is 5.26 Å². The van der Waals surface area contributed by atoms with Crippen molar-refractivity contribution < 1.29 is 22.3 Å². The molecule has 14 heteroatoms. The van der Waals surface area contributed by atoms with Gasteiger partial charge in [-0.1, -0.05) is 11.6 Å².